The van der Waals surface area contributed by atoms with Crippen molar-refractivity contribution in [3.63, 3.8) is 0 Å². The maximum Gasteiger partial charge on any atom is 0.233 e. The van der Waals surface area contributed by atoms with Crippen LogP contribution in [0.2, 0.25) is 0 Å². The van der Waals surface area contributed by atoms with Crippen LogP contribution in [-0.2, 0) is 16.6 Å². The van der Waals surface area contributed by atoms with Crippen molar-refractivity contribution in [1.29, 1.82) is 0 Å². The Bertz CT molecular complexity index is 357. The summed E-state index contributed by atoms with van der Waals surface area (Å²) in [7, 11) is 3.38. The lowest BCUT2D eigenvalue weighted by Gasteiger charge is -2.10. The zero-order chi connectivity index (χ0) is 12.7. The molecule has 0 saturated heterocycles. The molecule has 0 aliphatic heterocycles. The van der Waals surface area contributed by atoms with Gasteiger partial charge in [-0.05, 0) is 23.8 Å². The predicted octanol–water partition coefficient (Wildman–Crippen LogP) is -0.157. The summed E-state index contributed by atoms with van der Waals surface area (Å²) in [5.74, 6) is -0.0193. The van der Waals surface area contributed by atoms with E-state index in [-0.39, 0.29) is 11.2 Å². The average Bonchev–Trinajstić information content (AvgIpc) is 2.70. The Balaban J connectivity index is 2.30. The fourth-order valence-corrected chi connectivity index (χ4v) is 1.88. The quantitative estimate of drug-likeness (QED) is 0.541. The van der Waals surface area contributed by atoms with E-state index in [4.69, 9.17) is 4.74 Å². The minimum absolute atomic E-state index is 0.0193. The molecule has 0 saturated carbocycles. The van der Waals surface area contributed by atoms with Gasteiger partial charge in [-0.15, -0.1) is 5.10 Å². The van der Waals surface area contributed by atoms with E-state index < -0.39 is 0 Å². The van der Waals surface area contributed by atoms with Gasteiger partial charge >= 0.3 is 0 Å². The highest BCUT2D eigenvalue weighted by atomic mass is 32.2. The second kappa shape index (κ2) is 7.23. The summed E-state index contributed by atoms with van der Waals surface area (Å²) in [6.45, 7) is 3.09. The van der Waals surface area contributed by atoms with Crippen LogP contribution in [0, 0.1) is 0 Å². The normalized spacial score (nSPS) is 12.4. The van der Waals surface area contributed by atoms with Crippen molar-refractivity contribution in [3.05, 3.63) is 0 Å². The molecule has 1 amide bonds. The molecule has 1 aromatic rings. The molecule has 1 heterocycles. The van der Waals surface area contributed by atoms with Gasteiger partial charge in [-0.25, -0.2) is 4.68 Å². The van der Waals surface area contributed by atoms with Crippen molar-refractivity contribution in [1.82, 2.24) is 25.5 Å². The van der Waals surface area contributed by atoms with E-state index in [0.717, 1.165) is 6.42 Å². The largest absolute Gasteiger partial charge is 0.385 e. The summed E-state index contributed by atoms with van der Waals surface area (Å²) in [5.41, 5.74) is 0. The molecule has 0 aliphatic carbocycles. The van der Waals surface area contributed by atoms with Crippen LogP contribution in [-0.4, -0.2) is 51.6 Å². The lowest BCUT2D eigenvalue weighted by Crippen LogP contribution is -2.32. The summed E-state index contributed by atoms with van der Waals surface area (Å²) < 4.78 is 6.44. The number of carbonyl (C=O) groups excluding carboxylic acids is 1. The number of methoxy groups -OCH3 is 1. The number of aromatic nitrogens is 4. The van der Waals surface area contributed by atoms with E-state index >= 15 is 0 Å². The van der Waals surface area contributed by atoms with Crippen molar-refractivity contribution in [2.45, 2.75) is 23.8 Å². The molecule has 7 nitrogen and oxygen atoms in total. The number of hydrogen-bond acceptors (Lipinski definition) is 6. The third-order valence-corrected chi connectivity index (χ3v) is 3.18. The molecule has 0 spiro atoms. The van der Waals surface area contributed by atoms with Gasteiger partial charge in [0.2, 0.25) is 11.1 Å². The molecular formula is C9H17N5O2S. The zero-order valence-corrected chi connectivity index (χ0v) is 11.0. The van der Waals surface area contributed by atoms with Gasteiger partial charge in [-0.1, -0.05) is 11.8 Å². The van der Waals surface area contributed by atoms with E-state index in [1.807, 2.05) is 6.92 Å². The highest BCUT2D eigenvalue weighted by Gasteiger charge is 2.16. The topological polar surface area (TPSA) is 81.9 Å². The van der Waals surface area contributed by atoms with Gasteiger partial charge in [0.25, 0.3) is 0 Å². The SMILES string of the molecule is COCCCNC(=O)C(C)Sc1nnnn1C. The fourth-order valence-electron chi connectivity index (χ4n) is 1.10. The molecule has 1 aromatic heterocycles. The summed E-state index contributed by atoms with van der Waals surface area (Å²) in [6.07, 6.45) is 0.811. The maximum absolute atomic E-state index is 11.7. The van der Waals surface area contributed by atoms with E-state index in [1.165, 1.54) is 11.8 Å². The Morgan fingerprint density at radius 2 is 2.41 bits per heavy atom. The van der Waals surface area contributed by atoms with Crippen molar-refractivity contribution in [3.8, 4) is 0 Å². The van der Waals surface area contributed by atoms with Crippen LogP contribution in [0.4, 0.5) is 0 Å². The number of carbonyl (C=O) groups is 1. The molecule has 1 unspecified atom stereocenters. The van der Waals surface area contributed by atoms with E-state index in [9.17, 15) is 4.79 Å². The first-order chi connectivity index (χ1) is 8.15. The number of ether oxygens (including phenoxy) is 1. The van der Waals surface area contributed by atoms with Crippen LogP contribution in [0.15, 0.2) is 5.16 Å². The average molecular weight is 259 g/mol. The van der Waals surface area contributed by atoms with Crippen LogP contribution < -0.4 is 5.32 Å². The van der Waals surface area contributed by atoms with Crippen molar-refractivity contribution in [2.75, 3.05) is 20.3 Å². The molecule has 1 N–H and O–H groups in total. The van der Waals surface area contributed by atoms with Gasteiger partial charge in [0.05, 0.1) is 5.25 Å². The highest BCUT2D eigenvalue weighted by Crippen LogP contribution is 2.18. The monoisotopic (exact) mass is 259 g/mol. The molecule has 1 rings (SSSR count). The Kier molecular flexibility index (Phi) is 5.92. The van der Waals surface area contributed by atoms with Crippen LogP contribution in [0.3, 0.4) is 0 Å². The molecule has 8 heteroatoms. The van der Waals surface area contributed by atoms with Crippen molar-refractivity contribution >= 4 is 17.7 Å². The lowest BCUT2D eigenvalue weighted by atomic mass is 10.4. The van der Waals surface area contributed by atoms with Crippen LogP contribution in [0.1, 0.15) is 13.3 Å². The second-order valence-corrected chi connectivity index (χ2v) is 4.79. The lowest BCUT2D eigenvalue weighted by molar-refractivity contribution is -0.120. The summed E-state index contributed by atoms with van der Waals surface area (Å²) in [6, 6.07) is 0. The molecule has 17 heavy (non-hydrogen) atoms. The molecule has 0 bridgehead atoms. The first-order valence-electron chi connectivity index (χ1n) is 5.30. The van der Waals surface area contributed by atoms with Gasteiger partial charge in [0, 0.05) is 27.3 Å². The number of aryl methyl sites for hydroxylation is 1. The smallest absolute Gasteiger partial charge is 0.233 e. The second-order valence-electron chi connectivity index (χ2n) is 3.48. The van der Waals surface area contributed by atoms with Gasteiger partial charge in [0.15, 0.2) is 0 Å². The number of tetrazole rings is 1. The molecule has 96 valence electrons. The van der Waals surface area contributed by atoms with Gasteiger partial charge in [-0.2, -0.15) is 0 Å². The molecule has 0 radical (unpaired) electrons. The predicted molar refractivity (Wildman–Crippen MR) is 63.6 cm³/mol. The zero-order valence-electron chi connectivity index (χ0n) is 10.2. The Hall–Kier alpha value is -1.15. The fraction of sp³-hybridized carbons (Fsp3) is 0.778. The van der Waals surface area contributed by atoms with Gasteiger partial charge in [-0.3, -0.25) is 4.79 Å². The van der Waals surface area contributed by atoms with Gasteiger partial charge in [0.1, 0.15) is 0 Å². The molecule has 0 aromatic carbocycles. The van der Waals surface area contributed by atoms with Crippen LogP contribution >= 0.6 is 11.8 Å². The minimum Gasteiger partial charge on any atom is -0.385 e. The Labute approximate surface area is 104 Å². The van der Waals surface area contributed by atoms with Crippen molar-refractivity contribution < 1.29 is 9.53 Å². The first-order valence-corrected chi connectivity index (χ1v) is 6.18. The molecule has 0 aliphatic rings. The third-order valence-electron chi connectivity index (χ3n) is 2.06. The van der Waals surface area contributed by atoms with Crippen LogP contribution in [0.25, 0.3) is 0 Å². The number of nitrogens with one attached hydrogen (secondary N) is 1. The molecule has 1 atom stereocenters. The number of thioether (sulfide) groups is 1. The third kappa shape index (κ3) is 4.70. The van der Waals surface area contributed by atoms with Crippen molar-refractivity contribution in [2.24, 2.45) is 7.05 Å². The Morgan fingerprint density at radius 1 is 1.65 bits per heavy atom. The number of amides is 1. The molecular weight excluding hydrogens is 242 g/mol. The number of rotatable bonds is 7. The van der Waals surface area contributed by atoms with Crippen LogP contribution in [0.5, 0.6) is 0 Å². The van der Waals surface area contributed by atoms with E-state index in [0.29, 0.717) is 18.3 Å². The van der Waals surface area contributed by atoms with E-state index in [2.05, 4.69) is 20.8 Å². The summed E-state index contributed by atoms with van der Waals surface area (Å²) in [4.78, 5) is 11.7. The van der Waals surface area contributed by atoms with E-state index in [1.54, 1.807) is 18.8 Å². The summed E-state index contributed by atoms with van der Waals surface area (Å²) in [5, 5.41) is 14.3. The number of hydrogen-bond donors (Lipinski definition) is 1. The highest BCUT2D eigenvalue weighted by molar-refractivity contribution is 8.00. The maximum atomic E-state index is 11.7. The number of nitrogens with zero attached hydrogens (tertiary/aromatic N) is 4. The minimum atomic E-state index is -0.220. The standard InChI is InChI=1S/C9H17N5O2S/c1-7(8(15)10-5-4-6-16-3)17-9-11-12-13-14(9)2/h7H,4-6H2,1-3H3,(H,10,15). The van der Waals surface area contributed by atoms with Gasteiger partial charge < -0.3 is 10.1 Å². The summed E-state index contributed by atoms with van der Waals surface area (Å²) >= 11 is 1.33. The Morgan fingerprint density at radius 3 is 3.00 bits per heavy atom. The first kappa shape index (κ1) is 13.9. The molecule has 0 fully saturated rings.